The van der Waals surface area contributed by atoms with E-state index in [-0.39, 0.29) is 29.8 Å². The Kier molecular flexibility index (Phi) is 4.50. The van der Waals surface area contributed by atoms with E-state index in [2.05, 4.69) is 5.32 Å². The summed E-state index contributed by atoms with van der Waals surface area (Å²) in [6.07, 6.45) is 0.141. The minimum absolute atomic E-state index is 0.00160. The molecule has 2 fully saturated rings. The fraction of sp³-hybridized carbons (Fsp3) is 0.923. The first-order chi connectivity index (χ1) is 8.87. The molecule has 2 rings (SSSR count). The van der Waals surface area contributed by atoms with Gasteiger partial charge in [0, 0.05) is 32.6 Å². The molecule has 2 aliphatic rings. The van der Waals surface area contributed by atoms with Gasteiger partial charge < -0.3 is 10.2 Å². The molecule has 0 aliphatic carbocycles. The van der Waals surface area contributed by atoms with Gasteiger partial charge in [0.05, 0.1) is 11.5 Å². The smallest absolute Gasteiger partial charge is 0.223 e. The molecule has 0 aromatic carbocycles. The fourth-order valence-corrected chi connectivity index (χ4v) is 4.72. The maximum absolute atomic E-state index is 12.0. The van der Waals surface area contributed by atoms with Crippen molar-refractivity contribution < 1.29 is 13.2 Å². The number of hydrogen-bond donors (Lipinski definition) is 1. The van der Waals surface area contributed by atoms with E-state index in [4.69, 9.17) is 0 Å². The van der Waals surface area contributed by atoms with E-state index in [0.29, 0.717) is 11.8 Å². The predicted molar refractivity (Wildman–Crippen MR) is 74.5 cm³/mol. The lowest BCUT2D eigenvalue weighted by Gasteiger charge is -2.17. The molecule has 0 spiro atoms. The third-order valence-corrected chi connectivity index (χ3v) is 5.96. The summed E-state index contributed by atoms with van der Waals surface area (Å²) in [5.74, 6) is 1.43. The highest BCUT2D eigenvalue weighted by atomic mass is 32.2. The lowest BCUT2D eigenvalue weighted by molar-refractivity contribution is -0.130. The van der Waals surface area contributed by atoms with E-state index in [1.165, 1.54) is 0 Å². The minimum atomic E-state index is -3.08. The van der Waals surface area contributed by atoms with E-state index < -0.39 is 9.84 Å². The number of hydrogen-bond acceptors (Lipinski definition) is 4. The lowest BCUT2D eigenvalue weighted by Crippen LogP contribution is -2.33. The number of amides is 1. The summed E-state index contributed by atoms with van der Waals surface area (Å²) >= 11 is 0. The van der Waals surface area contributed by atoms with Crippen LogP contribution in [0.4, 0.5) is 0 Å². The van der Waals surface area contributed by atoms with E-state index in [9.17, 15) is 13.2 Å². The van der Waals surface area contributed by atoms with Crippen LogP contribution < -0.4 is 5.32 Å². The van der Waals surface area contributed by atoms with E-state index in [1.807, 2.05) is 18.7 Å². The summed E-state index contributed by atoms with van der Waals surface area (Å²) in [6, 6.07) is 0. The SMILES string of the molecule is CC(C)CS(=O)(=O)CCC(=O)N1C[C@H]2CNC[C@H]2C1. The molecule has 2 heterocycles. The summed E-state index contributed by atoms with van der Waals surface area (Å²) in [4.78, 5) is 13.9. The summed E-state index contributed by atoms with van der Waals surface area (Å²) < 4.78 is 23.6. The molecule has 5 nitrogen and oxygen atoms in total. The van der Waals surface area contributed by atoms with Gasteiger partial charge >= 0.3 is 0 Å². The number of fused-ring (bicyclic) bond motifs is 1. The zero-order chi connectivity index (χ0) is 14.0. The van der Waals surface area contributed by atoms with Gasteiger partial charge in [-0.15, -0.1) is 0 Å². The second kappa shape index (κ2) is 5.79. The van der Waals surface area contributed by atoms with E-state index >= 15 is 0 Å². The number of nitrogens with zero attached hydrogens (tertiary/aromatic N) is 1. The quantitative estimate of drug-likeness (QED) is 0.780. The van der Waals surface area contributed by atoms with Crippen LogP contribution in [0.3, 0.4) is 0 Å². The highest BCUT2D eigenvalue weighted by Crippen LogP contribution is 2.26. The van der Waals surface area contributed by atoms with Gasteiger partial charge in [-0.1, -0.05) is 13.8 Å². The van der Waals surface area contributed by atoms with Crippen molar-refractivity contribution >= 4 is 15.7 Å². The van der Waals surface area contributed by atoms with Crippen LogP contribution in [-0.2, 0) is 14.6 Å². The molecule has 0 aromatic heterocycles. The van der Waals surface area contributed by atoms with Gasteiger partial charge in [-0.2, -0.15) is 0 Å². The van der Waals surface area contributed by atoms with Crippen LogP contribution in [0, 0.1) is 17.8 Å². The Balaban J connectivity index is 1.79. The van der Waals surface area contributed by atoms with Gasteiger partial charge in [0.25, 0.3) is 0 Å². The number of carbonyl (C=O) groups excluding carboxylic acids is 1. The molecule has 0 bridgehead atoms. The van der Waals surface area contributed by atoms with Crippen molar-refractivity contribution in [3.8, 4) is 0 Å². The number of likely N-dealkylation sites (tertiary alicyclic amines) is 1. The fourth-order valence-electron chi connectivity index (χ4n) is 3.05. The summed E-state index contributed by atoms with van der Waals surface area (Å²) in [5, 5.41) is 3.33. The Morgan fingerprint density at radius 2 is 1.84 bits per heavy atom. The molecule has 0 aromatic rings. The molecule has 2 atom stereocenters. The molecule has 2 saturated heterocycles. The normalized spacial score (nSPS) is 27.0. The molecular weight excluding hydrogens is 264 g/mol. The standard InChI is InChI=1S/C13H24N2O3S/c1-10(2)9-19(17,18)4-3-13(16)15-7-11-5-14-6-12(11)8-15/h10-12,14H,3-9H2,1-2H3/t11-,12+. The highest BCUT2D eigenvalue weighted by molar-refractivity contribution is 7.91. The number of nitrogens with one attached hydrogen (secondary N) is 1. The van der Waals surface area contributed by atoms with Crippen molar-refractivity contribution in [2.45, 2.75) is 20.3 Å². The van der Waals surface area contributed by atoms with Crippen molar-refractivity contribution in [3.63, 3.8) is 0 Å². The lowest BCUT2D eigenvalue weighted by atomic mass is 10.0. The topological polar surface area (TPSA) is 66.5 Å². The van der Waals surface area contributed by atoms with E-state index in [0.717, 1.165) is 26.2 Å². The Bertz CT molecular complexity index is 421. The maximum Gasteiger partial charge on any atom is 0.223 e. The number of sulfone groups is 1. The van der Waals surface area contributed by atoms with Crippen molar-refractivity contribution in [3.05, 3.63) is 0 Å². The Labute approximate surface area is 115 Å². The number of rotatable bonds is 5. The van der Waals surface area contributed by atoms with Gasteiger partial charge in [-0.25, -0.2) is 8.42 Å². The van der Waals surface area contributed by atoms with Crippen molar-refractivity contribution in [2.24, 2.45) is 17.8 Å². The summed E-state index contributed by atoms with van der Waals surface area (Å²) in [7, 11) is -3.08. The van der Waals surface area contributed by atoms with Crippen LogP contribution in [-0.4, -0.2) is 56.9 Å². The van der Waals surface area contributed by atoms with Gasteiger partial charge in [-0.05, 0) is 17.8 Å². The van der Waals surface area contributed by atoms with Gasteiger partial charge in [0.2, 0.25) is 5.91 Å². The molecule has 0 unspecified atom stereocenters. The molecule has 1 amide bonds. The molecule has 0 radical (unpaired) electrons. The first-order valence-corrected chi connectivity index (χ1v) is 8.88. The largest absolute Gasteiger partial charge is 0.342 e. The zero-order valence-corrected chi connectivity index (χ0v) is 12.6. The number of carbonyl (C=O) groups is 1. The van der Waals surface area contributed by atoms with Crippen LogP contribution in [0.25, 0.3) is 0 Å². The summed E-state index contributed by atoms with van der Waals surface area (Å²) in [6.45, 7) is 7.32. The Morgan fingerprint density at radius 3 is 2.37 bits per heavy atom. The average Bonchev–Trinajstić information content (AvgIpc) is 2.83. The highest BCUT2D eigenvalue weighted by Gasteiger charge is 2.37. The predicted octanol–water partition coefficient (Wildman–Crippen LogP) is 0.125. The molecule has 6 heteroatoms. The van der Waals surface area contributed by atoms with Crippen LogP contribution >= 0.6 is 0 Å². The van der Waals surface area contributed by atoms with Crippen molar-refractivity contribution in [1.82, 2.24) is 10.2 Å². The molecule has 1 N–H and O–H groups in total. The van der Waals surface area contributed by atoms with Crippen LogP contribution in [0.5, 0.6) is 0 Å². The van der Waals surface area contributed by atoms with Gasteiger partial charge in [0.15, 0.2) is 9.84 Å². The Hall–Kier alpha value is -0.620. The average molecular weight is 288 g/mol. The minimum Gasteiger partial charge on any atom is -0.342 e. The third kappa shape index (κ3) is 3.92. The summed E-state index contributed by atoms with van der Waals surface area (Å²) in [5.41, 5.74) is 0. The van der Waals surface area contributed by atoms with Gasteiger partial charge in [-0.3, -0.25) is 4.79 Å². The first kappa shape index (κ1) is 14.8. The van der Waals surface area contributed by atoms with E-state index in [1.54, 1.807) is 0 Å². The molecule has 19 heavy (non-hydrogen) atoms. The second-order valence-electron chi connectivity index (χ2n) is 6.24. The van der Waals surface area contributed by atoms with Crippen molar-refractivity contribution in [1.29, 1.82) is 0 Å². The molecule has 2 aliphatic heterocycles. The molecular formula is C13H24N2O3S. The maximum atomic E-state index is 12.0. The Morgan fingerprint density at radius 1 is 1.26 bits per heavy atom. The molecule has 110 valence electrons. The first-order valence-electron chi connectivity index (χ1n) is 7.06. The second-order valence-corrected chi connectivity index (χ2v) is 8.46. The van der Waals surface area contributed by atoms with Crippen molar-refractivity contribution in [2.75, 3.05) is 37.7 Å². The third-order valence-electron chi connectivity index (χ3n) is 3.96. The van der Waals surface area contributed by atoms with Gasteiger partial charge in [0.1, 0.15) is 0 Å². The molecule has 0 saturated carbocycles. The monoisotopic (exact) mass is 288 g/mol. The van der Waals surface area contributed by atoms with Crippen LogP contribution in [0.15, 0.2) is 0 Å². The van der Waals surface area contributed by atoms with Crippen LogP contribution in [0.2, 0.25) is 0 Å². The van der Waals surface area contributed by atoms with Crippen LogP contribution in [0.1, 0.15) is 20.3 Å². The zero-order valence-electron chi connectivity index (χ0n) is 11.8.